The number of amides is 1. The summed E-state index contributed by atoms with van der Waals surface area (Å²) in [5.74, 6) is -0.713. The van der Waals surface area contributed by atoms with Gasteiger partial charge < -0.3 is 0 Å². The van der Waals surface area contributed by atoms with Crippen LogP contribution in [0, 0.1) is 0 Å². The van der Waals surface area contributed by atoms with Crippen LogP contribution in [-0.2, 0) is 19.3 Å². The van der Waals surface area contributed by atoms with Crippen molar-refractivity contribution in [2.75, 3.05) is 0 Å². The molecule has 0 aliphatic rings. The summed E-state index contributed by atoms with van der Waals surface area (Å²) in [6.07, 6.45) is -4.62. The first-order valence-electron chi connectivity index (χ1n) is 10.9. The number of hydroxylamine groups is 1. The Balaban J connectivity index is 1.45. The van der Waals surface area contributed by atoms with E-state index in [9.17, 15) is 18.0 Å². The predicted octanol–water partition coefficient (Wildman–Crippen LogP) is 4.53. The average Bonchev–Trinajstić information content (AvgIpc) is 3.49. The monoisotopic (exact) mass is 492 g/mol. The molecular formula is C25H19F3N6O2. The number of aromatic nitrogens is 5. The summed E-state index contributed by atoms with van der Waals surface area (Å²) in [7, 11) is 0. The van der Waals surface area contributed by atoms with E-state index in [2.05, 4.69) is 15.4 Å². The summed E-state index contributed by atoms with van der Waals surface area (Å²) >= 11 is 0. The highest BCUT2D eigenvalue weighted by molar-refractivity contribution is 5.93. The molecule has 5 aromatic rings. The average molecular weight is 492 g/mol. The fraction of sp³-hybridized carbons (Fsp3) is 0.120. The van der Waals surface area contributed by atoms with E-state index < -0.39 is 17.8 Å². The zero-order valence-corrected chi connectivity index (χ0v) is 18.6. The Kier molecular flexibility index (Phi) is 5.98. The van der Waals surface area contributed by atoms with Crippen LogP contribution in [0.4, 0.5) is 13.2 Å². The number of benzene rings is 3. The minimum atomic E-state index is -4.62. The third-order valence-corrected chi connectivity index (χ3v) is 5.71. The molecule has 2 heterocycles. The van der Waals surface area contributed by atoms with Crippen LogP contribution in [0.3, 0.4) is 0 Å². The molecular weight excluding hydrogens is 473 g/mol. The lowest BCUT2D eigenvalue weighted by Crippen LogP contribution is -2.18. The van der Waals surface area contributed by atoms with Crippen LogP contribution in [0.1, 0.15) is 27.2 Å². The van der Waals surface area contributed by atoms with Crippen molar-refractivity contribution in [3.63, 3.8) is 0 Å². The van der Waals surface area contributed by atoms with Gasteiger partial charge in [0.1, 0.15) is 11.2 Å². The first kappa shape index (κ1) is 23.2. The molecule has 8 nitrogen and oxygen atoms in total. The SMILES string of the molecule is O=C(NO)c1ccc(Cn2nc(-c3ccc4c(c3)nnn4Cc3ccccc3)cc2C(F)(F)F)cc1. The lowest BCUT2D eigenvalue weighted by molar-refractivity contribution is -0.144. The minimum Gasteiger partial charge on any atom is -0.288 e. The van der Waals surface area contributed by atoms with Gasteiger partial charge in [0.15, 0.2) is 0 Å². The smallest absolute Gasteiger partial charge is 0.288 e. The first-order chi connectivity index (χ1) is 17.3. The van der Waals surface area contributed by atoms with Crippen LogP contribution in [0.2, 0.25) is 0 Å². The molecule has 36 heavy (non-hydrogen) atoms. The van der Waals surface area contributed by atoms with Crippen LogP contribution in [0.5, 0.6) is 0 Å². The Morgan fingerprint density at radius 1 is 0.889 bits per heavy atom. The van der Waals surface area contributed by atoms with Gasteiger partial charge >= 0.3 is 6.18 Å². The van der Waals surface area contributed by atoms with Gasteiger partial charge in [0.05, 0.1) is 24.3 Å². The number of carbonyl (C=O) groups excluding carboxylic acids is 1. The van der Waals surface area contributed by atoms with Crippen molar-refractivity contribution in [3.8, 4) is 11.3 Å². The Labute approximate surface area is 202 Å². The van der Waals surface area contributed by atoms with E-state index in [1.165, 1.54) is 29.7 Å². The third kappa shape index (κ3) is 4.68. The van der Waals surface area contributed by atoms with E-state index >= 15 is 0 Å². The minimum absolute atomic E-state index is 0.151. The molecule has 0 bridgehead atoms. The summed E-state index contributed by atoms with van der Waals surface area (Å²) < 4.78 is 44.0. The number of nitrogens with one attached hydrogen (secondary N) is 1. The van der Waals surface area contributed by atoms with Crippen molar-refractivity contribution >= 4 is 16.9 Å². The molecule has 1 amide bonds. The maximum Gasteiger partial charge on any atom is 0.433 e. The second kappa shape index (κ2) is 9.27. The van der Waals surface area contributed by atoms with Gasteiger partial charge in [0.25, 0.3) is 5.91 Å². The van der Waals surface area contributed by atoms with E-state index in [0.29, 0.717) is 23.2 Å². The van der Waals surface area contributed by atoms with Crippen molar-refractivity contribution in [1.82, 2.24) is 30.3 Å². The Morgan fingerprint density at radius 2 is 1.58 bits per heavy atom. The van der Waals surface area contributed by atoms with Crippen molar-refractivity contribution in [2.45, 2.75) is 19.3 Å². The molecule has 0 aliphatic heterocycles. The van der Waals surface area contributed by atoms with Gasteiger partial charge in [-0.05, 0) is 41.5 Å². The molecule has 0 fully saturated rings. The summed E-state index contributed by atoms with van der Waals surface area (Å²) in [5, 5.41) is 21.3. The van der Waals surface area contributed by atoms with Crippen LogP contribution in [0.25, 0.3) is 22.3 Å². The predicted molar refractivity (Wildman–Crippen MR) is 124 cm³/mol. The van der Waals surface area contributed by atoms with Gasteiger partial charge in [-0.3, -0.25) is 14.7 Å². The molecule has 3 aromatic carbocycles. The lowest BCUT2D eigenvalue weighted by Gasteiger charge is -2.10. The van der Waals surface area contributed by atoms with E-state index in [1.54, 1.807) is 22.9 Å². The highest BCUT2D eigenvalue weighted by atomic mass is 19.4. The molecule has 0 radical (unpaired) electrons. The van der Waals surface area contributed by atoms with Crippen LogP contribution in [-0.4, -0.2) is 35.9 Å². The molecule has 11 heteroatoms. The molecule has 2 N–H and O–H groups in total. The second-order valence-electron chi connectivity index (χ2n) is 8.14. The van der Waals surface area contributed by atoms with Crippen molar-refractivity contribution in [2.24, 2.45) is 0 Å². The van der Waals surface area contributed by atoms with E-state index in [1.807, 2.05) is 30.3 Å². The highest BCUT2D eigenvalue weighted by Gasteiger charge is 2.36. The van der Waals surface area contributed by atoms with Gasteiger partial charge in [0, 0.05) is 11.1 Å². The molecule has 182 valence electrons. The third-order valence-electron chi connectivity index (χ3n) is 5.71. The molecule has 0 saturated heterocycles. The van der Waals surface area contributed by atoms with Crippen LogP contribution >= 0.6 is 0 Å². The van der Waals surface area contributed by atoms with E-state index in [-0.39, 0.29) is 17.8 Å². The van der Waals surface area contributed by atoms with Gasteiger partial charge in [0.2, 0.25) is 0 Å². The molecule has 0 aliphatic carbocycles. The Hall–Kier alpha value is -4.51. The Bertz CT molecular complexity index is 1530. The van der Waals surface area contributed by atoms with Gasteiger partial charge in [-0.2, -0.15) is 18.3 Å². The van der Waals surface area contributed by atoms with Crippen molar-refractivity contribution in [1.29, 1.82) is 0 Å². The van der Waals surface area contributed by atoms with Crippen LogP contribution < -0.4 is 5.48 Å². The number of hydrogen-bond donors (Lipinski definition) is 2. The van der Waals surface area contributed by atoms with E-state index in [0.717, 1.165) is 21.8 Å². The maximum atomic E-state index is 13.8. The second-order valence-corrected chi connectivity index (χ2v) is 8.14. The summed E-state index contributed by atoms with van der Waals surface area (Å²) in [6.45, 7) is 0.355. The Morgan fingerprint density at radius 3 is 2.28 bits per heavy atom. The first-order valence-corrected chi connectivity index (χ1v) is 10.9. The summed E-state index contributed by atoms with van der Waals surface area (Å²) in [5.41, 5.74) is 4.27. The zero-order valence-electron chi connectivity index (χ0n) is 18.6. The van der Waals surface area contributed by atoms with Gasteiger partial charge in [-0.15, -0.1) is 5.10 Å². The lowest BCUT2D eigenvalue weighted by atomic mass is 10.1. The largest absolute Gasteiger partial charge is 0.433 e. The number of carbonyl (C=O) groups is 1. The molecule has 0 atom stereocenters. The number of fused-ring (bicyclic) bond motifs is 1. The standard InChI is InChI=1S/C25H19F3N6O2/c26-25(27,28)23-13-20(30-34(23)15-17-6-8-18(9-7-17)24(35)31-36)19-10-11-22-21(12-19)29-32-33(22)14-16-4-2-1-3-5-16/h1-13,36H,14-15H2,(H,31,35). The molecule has 0 spiro atoms. The maximum absolute atomic E-state index is 13.8. The van der Waals surface area contributed by atoms with Crippen molar-refractivity contribution < 1.29 is 23.2 Å². The topological polar surface area (TPSA) is 97.9 Å². The fourth-order valence-electron chi connectivity index (χ4n) is 3.91. The number of halogens is 3. The van der Waals surface area contributed by atoms with Crippen molar-refractivity contribution in [3.05, 3.63) is 101 Å². The summed E-state index contributed by atoms with van der Waals surface area (Å²) in [4.78, 5) is 11.5. The normalized spacial score (nSPS) is 11.7. The number of nitrogens with zero attached hydrogens (tertiary/aromatic N) is 5. The van der Waals surface area contributed by atoms with Gasteiger partial charge in [-0.25, -0.2) is 10.2 Å². The van der Waals surface area contributed by atoms with Gasteiger partial charge in [-0.1, -0.05) is 53.7 Å². The zero-order chi connectivity index (χ0) is 25.3. The number of hydrogen-bond acceptors (Lipinski definition) is 5. The highest BCUT2D eigenvalue weighted by Crippen LogP contribution is 2.33. The summed E-state index contributed by atoms with van der Waals surface area (Å²) in [6, 6.07) is 21.7. The molecule has 5 rings (SSSR count). The van der Waals surface area contributed by atoms with Crippen LogP contribution in [0.15, 0.2) is 78.9 Å². The molecule has 2 aromatic heterocycles. The molecule has 0 saturated carbocycles. The molecule has 0 unspecified atom stereocenters. The fourth-order valence-corrected chi connectivity index (χ4v) is 3.91. The quantitative estimate of drug-likeness (QED) is 0.268. The number of alkyl halides is 3. The number of rotatable bonds is 6. The van der Waals surface area contributed by atoms with E-state index in [4.69, 9.17) is 5.21 Å².